The van der Waals surface area contributed by atoms with E-state index in [9.17, 15) is 4.79 Å². The van der Waals surface area contributed by atoms with Crippen LogP contribution in [0.3, 0.4) is 0 Å². The molecular formula is C11H22N2O2. The number of hydrogen-bond acceptors (Lipinski definition) is 4. The summed E-state index contributed by atoms with van der Waals surface area (Å²) in [6.45, 7) is 8.06. The minimum absolute atomic E-state index is 0.273. The predicted octanol–water partition coefficient (Wildman–Crippen LogP) is 0.647. The third kappa shape index (κ3) is 9.43. The Balaban J connectivity index is 3.34. The van der Waals surface area contributed by atoms with Gasteiger partial charge in [-0.15, -0.1) is 0 Å². The topological polar surface area (TPSA) is 41.6 Å². The summed E-state index contributed by atoms with van der Waals surface area (Å²) in [5.41, 5.74) is 0. The summed E-state index contributed by atoms with van der Waals surface area (Å²) in [5, 5.41) is 3.21. The van der Waals surface area contributed by atoms with Crippen LogP contribution in [0.1, 0.15) is 13.8 Å². The zero-order valence-corrected chi connectivity index (χ0v) is 9.95. The number of nitrogens with zero attached hydrogens (tertiary/aromatic N) is 1. The van der Waals surface area contributed by atoms with Crippen molar-refractivity contribution in [2.24, 2.45) is 0 Å². The van der Waals surface area contributed by atoms with Gasteiger partial charge in [0.2, 0.25) is 0 Å². The lowest BCUT2D eigenvalue weighted by Crippen LogP contribution is -2.29. The summed E-state index contributed by atoms with van der Waals surface area (Å²) in [5.74, 6) is -0.273. The molecule has 0 unspecified atom stereocenters. The first kappa shape index (κ1) is 14.1. The smallest absolute Gasteiger partial charge is 0.330 e. The van der Waals surface area contributed by atoms with E-state index in [1.54, 1.807) is 13.0 Å². The summed E-state index contributed by atoms with van der Waals surface area (Å²) in [6, 6.07) is 0. The highest BCUT2D eigenvalue weighted by molar-refractivity contribution is 5.81. The highest BCUT2D eigenvalue weighted by atomic mass is 16.5. The molecule has 0 aromatic heterocycles. The molecule has 0 saturated carbocycles. The first-order chi connectivity index (χ1) is 7.20. The lowest BCUT2D eigenvalue weighted by atomic mass is 10.4. The fraction of sp³-hybridized carbons (Fsp3) is 0.727. The van der Waals surface area contributed by atoms with Gasteiger partial charge in [-0.2, -0.15) is 0 Å². The van der Waals surface area contributed by atoms with E-state index in [-0.39, 0.29) is 5.97 Å². The van der Waals surface area contributed by atoms with Crippen molar-refractivity contribution in [3.8, 4) is 0 Å². The SMILES string of the molecule is CCOC(=O)/C=C/CNCCN(C)CC. The van der Waals surface area contributed by atoms with Crippen LogP contribution in [0.25, 0.3) is 0 Å². The predicted molar refractivity (Wildman–Crippen MR) is 61.8 cm³/mol. The number of nitrogens with one attached hydrogen (secondary N) is 1. The van der Waals surface area contributed by atoms with Crippen molar-refractivity contribution in [1.29, 1.82) is 0 Å². The Labute approximate surface area is 92.3 Å². The van der Waals surface area contributed by atoms with Crippen LogP contribution in [0.2, 0.25) is 0 Å². The molecule has 0 rings (SSSR count). The molecule has 0 radical (unpaired) electrons. The third-order valence-electron chi connectivity index (χ3n) is 2.01. The van der Waals surface area contributed by atoms with Crippen molar-refractivity contribution < 1.29 is 9.53 Å². The molecule has 0 aliphatic heterocycles. The number of carbonyl (C=O) groups is 1. The molecule has 0 aromatic carbocycles. The lowest BCUT2D eigenvalue weighted by Gasteiger charge is -2.13. The van der Waals surface area contributed by atoms with E-state index in [0.29, 0.717) is 13.2 Å². The summed E-state index contributed by atoms with van der Waals surface area (Å²) < 4.78 is 4.74. The fourth-order valence-electron chi connectivity index (χ4n) is 0.959. The first-order valence-corrected chi connectivity index (χ1v) is 5.43. The molecule has 0 heterocycles. The van der Waals surface area contributed by atoms with E-state index < -0.39 is 0 Å². The fourth-order valence-corrected chi connectivity index (χ4v) is 0.959. The molecule has 0 fully saturated rings. The van der Waals surface area contributed by atoms with Crippen molar-refractivity contribution in [2.45, 2.75) is 13.8 Å². The molecule has 4 nitrogen and oxygen atoms in total. The summed E-state index contributed by atoms with van der Waals surface area (Å²) in [7, 11) is 2.08. The van der Waals surface area contributed by atoms with Crippen LogP contribution in [0.5, 0.6) is 0 Å². The Morgan fingerprint density at radius 1 is 1.47 bits per heavy atom. The Bertz CT molecular complexity index is 193. The van der Waals surface area contributed by atoms with Gasteiger partial charge >= 0.3 is 5.97 Å². The average molecular weight is 214 g/mol. The van der Waals surface area contributed by atoms with Crippen LogP contribution in [0.4, 0.5) is 0 Å². The van der Waals surface area contributed by atoms with Crippen LogP contribution < -0.4 is 5.32 Å². The third-order valence-corrected chi connectivity index (χ3v) is 2.01. The molecule has 0 amide bonds. The molecule has 0 atom stereocenters. The molecular weight excluding hydrogens is 192 g/mol. The molecule has 0 spiro atoms. The molecule has 0 saturated heterocycles. The van der Waals surface area contributed by atoms with Crippen LogP contribution in [-0.2, 0) is 9.53 Å². The quantitative estimate of drug-likeness (QED) is 0.366. The van der Waals surface area contributed by atoms with Crippen molar-refractivity contribution in [3.05, 3.63) is 12.2 Å². The second-order valence-corrected chi connectivity index (χ2v) is 3.25. The molecule has 15 heavy (non-hydrogen) atoms. The minimum atomic E-state index is -0.273. The summed E-state index contributed by atoms with van der Waals surface area (Å²) >= 11 is 0. The maximum absolute atomic E-state index is 10.9. The maximum atomic E-state index is 10.9. The Morgan fingerprint density at radius 3 is 2.80 bits per heavy atom. The summed E-state index contributed by atoms with van der Waals surface area (Å²) in [6.07, 6.45) is 3.24. The molecule has 4 heteroatoms. The molecule has 1 N–H and O–H groups in total. The van der Waals surface area contributed by atoms with Gasteiger partial charge in [-0.3, -0.25) is 0 Å². The number of hydrogen-bond donors (Lipinski definition) is 1. The number of likely N-dealkylation sites (N-methyl/N-ethyl adjacent to an activating group) is 1. The number of rotatable bonds is 8. The molecule has 88 valence electrons. The largest absolute Gasteiger partial charge is 0.463 e. The van der Waals surface area contributed by atoms with Gasteiger partial charge < -0.3 is 15.0 Å². The van der Waals surface area contributed by atoms with E-state index in [1.165, 1.54) is 6.08 Å². The van der Waals surface area contributed by atoms with Gasteiger partial charge in [-0.05, 0) is 20.5 Å². The van der Waals surface area contributed by atoms with Gasteiger partial charge in [0.15, 0.2) is 0 Å². The zero-order valence-electron chi connectivity index (χ0n) is 9.95. The molecule has 0 bridgehead atoms. The van der Waals surface area contributed by atoms with Crippen LogP contribution in [0.15, 0.2) is 12.2 Å². The van der Waals surface area contributed by atoms with E-state index in [0.717, 1.165) is 19.6 Å². The number of ether oxygens (including phenoxy) is 1. The Hall–Kier alpha value is -0.870. The first-order valence-electron chi connectivity index (χ1n) is 5.43. The van der Waals surface area contributed by atoms with Crippen LogP contribution >= 0.6 is 0 Å². The second kappa shape index (κ2) is 9.68. The monoisotopic (exact) mass is 214 g/mol. The van der Waals surface area contributed by atoms with Crippen molar-refractivity contribution in [3.63, 3.8) is 0 Å². The standard InChI is InChI=1S/C11H22N2O2/c1-4-13(3)10-9-12-8-6-7-11(14)15-5-2/h6-7,12H,4-5,8-10H2,1-3H3/b7-6+. The van der Waals surface area contributed by atoms with E-state index in [1.807, 2.05) is 0 Å². The van der Waals surface area contributed by atoms with Crippen LogP contribution in [-0.4, -0.2) is 50.7 Å². The molecule has 0 aliphatic carbocycles. The number of carbonyl (C=O) groups excluding carboxylic acids is 1. The van der Waals surface area contributed by atoms with Gasteiger partial charge in [-0.25, -0.2) is 4.79 Å². The Kier molecular flexibility index (Phi) is 9.11. The zero-order chi connectivity index (χ0) is 11.5. The maximum Gasteiger partial charge on any atom is 0.330 e. The van der Waals surface area contributed by atoms with Gasteiger partial charge in [0.05, 0.1) is 6.61 Å². The van der Waals surface area contributed by atoms with Gasteiger partial charge in [0.25, 0.3) is 0 Å². The van der Waals surface area contributed by atoms with Crippen LogP contribution in [0, 0.1) is 0 Å². The van der Waals surface area contributed by atoms with Crippen molar-refractivity contribution in [1.82, 2.24) is 10.2 Å². The summed E-state index contributed by atoms with van der Waals surface area (Å²) in [4.78, 5) is 13.1. The van der Waals surface area contributed by atoms with E-state index in [4.69, 9.17) is 4.74 Å². The van der Waals surface area contributed by atoms with E-state index in [2.05, 4.69) is 24.2 Å². The van der Waals surface area contributed by atoms with E-state index >= 15 is 0 Å². The minimum Gasteiger partial charge on any atom is -0.463 e. The van der Waals surface area contributed by atoms with Gasteiger partial charge in [-0.1, -0.05) is 13.0 Å². The highest BCUT2D eigenvalue weighted by Crippen LogP contribution is 1.81. The molecule has 0 aromatic rings. The van der Waals surface area contributed by atoms with Gasteiger partial charge in [0.1, 0.15) is 0 Å². The Morgan fingerprint density at radius 2 is 2.20 bits per heavy atom. The normalized spacial score (nSPS) is 11.2. The lowest BCUT2D eigenvalue weighted by molar-refractivity contribution is -0.137. The number of esters is 1. The second-order valence-electron chi connectivity index (χ2n) is 3.25. The van der Waals surface area contributed by atoms with Gasteiger partial charge in [0, 0.05) is 25.7 Å². The van der Waals surface area contributed by atoms with Crippen molar-refractivity contribution in [2.75, 3.05) is 39.8 Å². The average Bonchev–Trinajstić information content (AvgIpc) is 2.23. The molecule has 0 aliphatic rings. The van der Waals surface area contributed by atoms with Crippen molar-refractivity contribution >= 4 is 5.97 Å². The highest BCUT2D eigenvalue weighted by Gasteiger charge is 1.93.